The number of halogens is 1. The van der Waals surface area contributed by atoms with Crippen molar-refractivity contribution in [2.45, 2.75) is 31.7 Å². The van der Waals surface area contributed by atoms with Crippen LogP contribution in [0, 0.1) is 5.41 Å². The number of hydrogen-bond acceptors (Lipinski definition) is 5. The van der Waals surface area contributed by atoms with E-state index in [1.165, 1.54) is 12.1 Å². The Morgan fingerprint density at radius 1 is 1.18 bits per heavy atom. The maximum absolute atomic E-state index is 13.1. The number of nitrogens with one attached hydrogen (secondary N) is 2. The number of imidazole rings is 1. The smallest absolute Gasteiger partial charge is 0.336 e. The molecule has 8 nitrogen and oxygen atoms in total. The van der Waals surface area contributed by atoms with Crippen molar-refractivity contribution >= 4 is 40.2 Å². The highest BCUT2D eigenvalue weighted by atomic mass is 35.5. The topological polar surface area (TPSA) is 117 Å². The van der Waals surface area contributed by atoms with Crippen LogP contribution in [0.15, 0.2) is 42.5 Å². The van der Waals surface area contributed by atoms with Crippen molar-refractivity contribution < 1.29 is 19.4 Å². The van der Waals surface area contributed by atoms with Crippen LogP contribution in [0.3, 0.4) is 0 Å². The number of alkyl halides is 1. The van der Waals surface area contributed by atoms with E-state index in [0.717, 1.165) is 18.4 Å². The highest BCUT2D eigenvalue weighted by molar-refractivity contribution is 6.28. The number of carboxylic acid groups (broad SMARTS) is 1. The lowest BCUT2D eigenvalue weighted by Gasteiger charge is -2.19. The molecule has 0 saturated carbocycles. The minimum absolute atomic E-state index is 0.0593. The summed E-state index contributed by atoms with van der Waals surface area (Å²) in [5, 5.41) is 20.2. The molecule has 0 radical (unpaired) electrons. The maximum Gasteiger partial charge on any atom is 0.336 e. The molecule has 1 aromatic heterocycles. The van der Waals surface area contributed by atoms with Gasteiger partial charge < -0.3 is 25.1 Å². The molecule has 0 spiro atoms. The first-order valence-electron chi connectivity index (χ1n) is 10.6. The van der Waals surface area contributed by atoms with Crippen molar-refractivity contribution in [3.63, 3.8) is 0 Å². The minimum Gasteiger partial charge on any atom is -0.494 e. The molecule has 3 N–H and O–H groups in total. The van der Waals surface area contributed by atoms with E-state index in [4.69, 9.17) is 26.7 Å². The first-order chi connectivity index (χ1) is 15.9. The number of methoxy groups -OCH3 is 1. The van der Waals surface area contributed by atoms with Gasteiger partial charge in [-0.05, 0) is 43.5 Å². The van der Waals surface area contributed by atoms with Crippen molar-refractivity contribution in [1.82, 2.24) is 14.9 Å². The Balaban J connectivity index is 1.93. The number of carbonyl (C=O) groups excluding carboxylic acids is 1. The molecule has 1 atom stereocenters. The van der Waals surface area contributed by atoms with E-state index < -0.39 is 17.9 Å². The number of benzene rings is 2. The van der Waals surface area contributed by atoms with E-state index in [0.29, 0.717) is 35.6 Å². The summed E-state index contributed by atoms with van der Waals surface area (Å²) >= 11 is 5.71. The molecule has 3 rings (SSSR count). The number of aromatic nitrogens is 2. The zero-order chi connectivity index (χ0) is 24.0. The average Bonchev–Trinajstić information content (AvgIpc) is 3.17. The number of rotatable bonds is 11. The zero-order valence-corrected chi connectivity index (χ0v) is 19.4. The molecule has 33 heavy (non-hydrogen) atoms. The van der Waals surface area contributed by atoms with E-state index >= 15 is 0 Å². The fourth-order valence-electron chi connectivity index (χ4n) is 3.81. The molecule has 174 valence electrons. The summed E-state index contributed by atoms with van der Waals surface area (Å²) in [6.07, 6.45) is 2.63. The number of aryl methyl sites for hydroxylation is 1. The minimum atomic E-state index is -1.16. The normalized spacial score (nSPS) is 11.8. The number of hydrogen-bond donors (Lipinski definition) is 3. The van der Waals surface area contributed by atoms with Crippen LogP contribution in [0.4, 0.5) is 0 Å². The molecule has 1 amide bonds. The van der Waals surface area contributed by atoms with E-state index in [9.17, 15) is 14.7 Å². The molecule has 3 aromatic rings. The summed E-state index contributed by atoms with van der Waals surface area (Å²) in [6, 6.07) is 11.3. The fourth-order valence-corrected chi connectivity index (χ4v) is 3.94. The molecule has 0 unspecified atom stereocenters. The predicted octanol–water partition coefficient (Wildman–Crippen LogP) is 4.57. The zero-order valence-electron chi connectivity index (χ0n) is 18.6. The van der Waals surface area contributed by atoms with Gasteiger partial charge in [0.15, 0.2) is 0 Å². The van der Waals surface area contributed by atoms with Crippen LogP contribution >= 0.6 is 11.6 Å². The summed E-state index contributed by atoms with van der Waals surface area (Å²) in [4.78, 5) is 29.5. The molecule has 0 aliphatic heterocycles. The van der Waals surface area contributed by atoms with Crippen LogP contribution in [0.1, 0.15) is 58.3 Å². The Bertz CT molecular complexity index is 1170. The van der Waals surface area contributed by atoms with Gasteiger partial charge in [-0.3, -0.25) is 4.79 Å². The van der Waals surface area contributed by atoms with E-state index in [-0.39, 0.29) is 17.0 Å². The summed E-state index contributed by atoms with van der Waals surface area (Å²) in [7, 11) is 3.45. The Kier molecular flexibility index (Phi) is 8.06. The van der Waals surface area contributed by atoms with E-state index in [2.05, 4.69) is 5.32 Å². The molecule has 1 heterocycles. The van der Waals surface area contributed by atoms with Crippen molar-refractivity contribution in [2.24, 2.45) is 7.05 Å². The third-order valence-corrected chi connectivity index (χ3v) is 5.85. The van der Waals surface area contributed by atoms with Gasteiger partial charge in [0.2, 0.25) is 0 Å². The molecular formula is C24H27ClN4O4. The Hall–Kier alpha value is -3.39. The number of ether oxygens (including phenoxy) is 1. The highest BCUT2D eigenvalue weighted by Crippen LogP contribution is 2.29. The molecule has 0 saturated heterocycles. The quantitative estimate of drug-likeness (QED) is 0.215. The molecular weight excluding hydrogens is 444 g/mol. The number of fused-ring (bicyclic) bond motifs is 1. The number of carboxylic acids is 1. The molecule has 0 aliphatic rings. The molecule has 2 aromatic carbocycles. The lowest BCUT2D eigenvalue weighted by atomic mass is 10.0. The third-order valence-electron chi connectivity index (χ3n) is 5.53. The van der Waals surface area contributed by atoms with Crippen molar-refractivity contribution in [1.29, 1.82) is 5.41 Å². The fraction of sp³-hybridized carbons (Fsp3) is 0.333. The van der Waals surface area contributed by atoms with E-state index in [1.54, 1.807) is 19.2 Å². The summed E-state index contributed by atoms with van der Waals surface area (Å²) in [5.74, 6) is -0.166. The number of para-hydroxylation sites is 1. The number of amides is 1. The molecule has 0 aliphatic carbocycles. The monoisotopic (exact) mass is 470 g/mol. The van der Waals surface area contributed by atoms with Crippen LogP contribution in [0.2, 0.25) is 0 Å². The van der Waals surface area contributed by atoms with Crippen molar-refractivity contribution in [3.8, 4) is 5.75 Å². The summed E-state index contributed by atoms with van der Waals surface area (Å²) in [5.41, 5.74) is 2.05. The highest BCUT2D eigenvalue weighted by Gasteiger charge is 2.24. The van der Waals surface area contributed by atoms with Gasteiger partial charge in [0.1, 0.15) is 17.1 Å². The van der Waals surface area contributed by atoms with Gasteiger partial charge >= 0.3 is 5.97 Å². The molecule has 0 fully saturated rings. The lowest BCUT2D eigenvalue weighted by molar-refractivity contribution is 0.0690. The third kappa shape index (κ3) is 5.51. The first-order valence-corrected chi connectivity index (χ1v) is 11.2. The molecule has 9 heteroatoms. The van der Waals surface area contributed by atoms with Gasteiger partial charge in [-0.25, -0.2) is 9.78 Å². The Morgan fingerprint density at radius 3 is 2.58 bits per heavy atom. The Morgan fingerprint density at radius 2 is 1.91 bits per heavy atom. The second kappa shape index (κ2) is 11.0. The molecule has 0 bridgehead atoms. The SMILES string of the molecule is COc1cccc2c1nc([C@H](CCCCC(=N)CCl)NC(=O)c1ccccc1C(=O)O)n2C. The number of aromatic carboxylic acids is 1. The van der Waals surface area contributed by atoms with Gasteiger partial charge in [0.05, 0.1) is 35.7 Å². The standard InChI is InChI=1S/C24H27ClN4O4/c1-29-19-12-7-13-20(33-2)21(19)28-22(29)18(11-6-3-8-15(26)14-25)27-23(30)16-9-4-5-10-17(16)24(31)32/h4-5,7,9-10,12-13,18,26H,3,6,8,11,14H2,1-2H3,(H,27,30)(H,31,32)/t18-/m0/s1. The van der Waals surface area contributed by atoms with Gasteiger partial charge in [-0.2, -0.15) is 0 Å². The lowest BCUT2D eigenvalue weighted by Crippen LogP contribution is -2.31. The van der Waals surface area contributed by atoms with Crippen LogP contribution < -0.4 is 10.1 Å². The van der Waals surface area contributed by atoms with Gasteiger partial charge in [-0.15, -0.1) is 11.6 Å². The number of carbonyl (C=O) groups is 2. The van der Waals surface area contributed by atoms with Crippen LogP contribution in [-0.2, 0) is 7.05 Å². The second-order valence-corrected chi connectivity index (χ2v) is 7.98. The van der Waals surface area contributed by atoms with E-state index in [1.807, 2.05) is 29.8 Å². The van der Waals surface area contributed by atoms with Gasteiger partial charge in [-0.1, -0.05) is 24.6 Å². The predicted molar refractivity (Wildman–Crippen MR) is 128 cm³/mol. The maximum atomic E-state index is 13.1. The largest absolute Gasteiger partial charge is 0.494 e. The number of nitrogens with zero attached hydrogens (tertiary/aromatic N) is 2. The van der Waals surface area contributed by atoms with Crippen LogP contribution in [0.5, 0.6) is 5.75 Å². The van der Waals surface area contributed by atoms with Crippen molar-refractivity contribution in [2.75, 3.05) is 13.0 Å². The number of unbranched alkanes of at least 4 members (excludes halogenated alkanes) is 1. The summed E-state index contributed by atoms with van der Waals surface area (Å²) < 4.78 is 7.35. The summed E-state index contributed by atoms with van der Waals surface area (Å²) in [6.45, 7) is 0. The van der Waals surface area contributed by atoms with Crippen LogP contribution in [0.25, 0.3) is 11.0 Å². The van der Waals surface area contributed by atoms with Crippen molar-refractivity contribution in [3.05, 3.63) is 59.4 Å². The Labute approximate surface area is 197 Å². The first kappa shape index (κ1) is 24.3. The average molecular weight is 471 g/mol. The van der Waals surface area contributed by atoms with Gasteiger partial charge in [0.25, 0.3) is 5.91 Å². The van der Waals surface area contributed by atoms with Crippen LogP contribution in [-0.4, -0.2) is 45.2 Å². The second-order valence-electron chi connectivity index (χ2n) is 7.72. The van der Waals surface area contributed by atoms with Gasteiger partial charge in [0, 0.05) is 12.8 Å².